The fraction of sp³-hybridized carbons (Fsp3) is 0.474. The van der Waals surface area contributed by atoms with Gasteiger partial charge in [0, 0.05) is 13.5 Å². The zero-order chi connectivity index (χ0) is 19.5. The van der Waals surface area contributed by atoms with Crippen LogP contribution in [-0.4, -0.2) is 37.9 Å². The van der Waals surface area contributed by atoms with Crippen LogP contribution in [0.1, 0.15) is 45.7 Å². The molecule has 1 aliphatic heterocycles. The smallest absolute Gasteiger partial charge is 0.492 e. The minimum atomic E-state index is -0.584. The Kier molecular flexibility index (Phi) is 5.79. The number of nitrogens with one attached hydrogen (secondary N) is 1. The minimum absolute atomic E-state index is 0.139. The van der Waals surface area contributed by atoms with Gasteiger partial charge in [0.25, 0.3) is 0 Å². The highest BCUT2D eigenvalue weighted by Gasteiger charge is 2.52. The number of hydrogen-bond acceptors (Lipinski definition) is 5. The van der Waals surface area contributed by atoms with Gasteiger partial charge < -0.3 is 19.4 Å². The molecule has 1 saturated heterocycles. The number of nitriles is 1. The van der Waals surface area contributed by atoms with E-state index in [0.29, 0.717) is 17.9 Å². The Morgan fingerprint density at radius 3 is 2.42 bits per heavy atom. The highest BCUT2D eigenvalue weighted by molar-refractivity contribution is 6.56. The number of benzene rings is 1. The number of carbonyl (C=O) groups excluding carboxylic acids is 1. The van der Waals surface area contributed by atoms with Crippen LogP contribution in [-0.2, 0) is 14.1 Å². The predicted octanol–water partition coefficient (Wildman–Crippen LogP) is 2.72. The Bertz CT molecular complexity index is 749. The first kappa shape index (κ1) is 20.0. The van der Waals surface area contributed by atoms with E-state index in [4.69, 9.17) is 14.0 Å². The van der Waals surface area contributed by atoms with Gasteiger partial charge in [-0.15, -0.1) is 0 Å². The van der Waals surface area contributed by atoms with E-state index >= 15 is 0 Å². The van der Waals surface area contributed by atoms with Gasteiger partial charge in [-0.05, 0) is 50.9 Å². The molecular weight excluding hydrogens is 331 g/mol. The van der Waals surface area contributed by atoms with Crippen molar-refractivity contribution in [2.45, 2.75) is 45.8 Å². The molecule has 0 bridgehead atoms. The van der Waals surface area contributed by atoms with Crippen molar-refractivity contribution in [1.29, 1.82) is 5.26 Å². The normalized spacial score (nSPS) is 18.3. The van der Waals surface area contributed by atoms with Crippen LogP contribution in [0, 0.1) is 11.3 Å². The molecule has 0 saturated carbocycles. The highest BCUT2D eigenvalue weighted by atomic mass is 16.7. The lowest BCUT2D eigenvalue weighted by Gasteiger charge is -2.32. The summed E-state index contributed by atoms with van der Waals surface area (Å²) in [6.45, 7) is 9.66. The summed E-state index contributed by atoms with van der Waals surface area (Å²) in [6, 6.07) is 7.44. The third kappa shape index (κ3) is 4.27. The highest BCUT2D eigenvalue weighted by Crippen LogP contribution is 2.38. The summed E-state index contributed by atoms with van der Waals surface area (Å²) < 4.78 is 17.4. The molecule has 0 unspecified atom stereocenters. The molecule has 138 valence electrons. The third-order valence-corrected chi connectivity index (χ3v) is 4.79. The first-order valence-electron chi connectivity index (χ1n) is 8.48. The zero-order valence-electron chi connectivity index (χ0n) is 16.2. The first-order valence-corrected chi connectivity index (χ1v) is 8.48. The molecule has 0 aliphatic carbocycles. The molecule has 0 atom stereocenters. The number of nitrogens with zero attached hydrogens (tertiary/aromatic N) is 1. The van der Waals surface area contributed by atoms with Gasteiger partial charge in [0.1, 0.15) is 11.8 Å². The van der Waals surface area contributed by atoms with Crippen molar-refractivity contribution in [3.63, 3.8) is 0 Å². The molecule has 1 amide bonds. The van der Waals surface area contributed by atoms with Crippen LogP contribution in [0.25, 0.3) is 6.08 Å². The maximum Gasteiger partial charge on any atom is 0.492 e. The molecule has 1 N–H and O–H groups in total. The fourth-order valence-corrected chi connectivity index (χ4v) is 2.54. The van der Waals surface area contributed by atoms with Gasteiger partial charge in [0.2, 0.25) is 5.91 Å². The molecule has 0 radical (unpaired) electrons. The lowest BCUT2D eigenvalue weighted by molar-refractivity contribution is -0.118. The average Bonchev–Trinajstić information content (AvgIpc) is 2.78. The molecule has 1 aliphatic rings. The Balaban J connectivity index is 2.38. The van der Waals surface area contributed by atoms with Crippen LogP contribution in [0.5, 0.6) is 5.75 Å². The van der Waals surface area contributed by atoms with E-state index in [-0.39, 0.29) is 5.91 Å². The van der Waals surface area contributed by atoms with Gasteiger partial charge in [-0.3, -0.25) is 4.79 Å². The average molecular weight is 356 g/mol. The van der Waals surface area contributed by atoms with Crippen molar-refractivity contribution in [3.05, 3.63) is 34.8 Å². The van der Waals surface area contributed by atoms with Gasteiger partial charge in [0.05, 0.1) is 23.9 Å². The lowest BCUT2D eigenvalue weighted by Crippen LogP contribution is -2.41. The molecule has 1 heterocycles. The summed E-state index contributed by atoms with van der Waals surface area (Å²) in [4.78, 5) is 11.4. The van der Waals surface area contributed by atoms with E-state index in [0.717, 1.165) is 11.0 Å². The van der Waals surface area contributed by atoms with Crippen molar-refractivity contribution in [1.82, 2.24) is 5.32 Å². The lowest BCUT2D eigenvalue weighted by atomic mass is 9.77. The van der Waals surface area contributed by atoms with Crippen molar-refractivity contribution in [3.8, 4) is 11.8 Å². The molecule has 1 fully saturated rings. The Hall–Kier alpha value is -2.30. The summed E-state index contributed by atoms with van der Waals surface area (Å²) in [5.41, 5.74) is 1.05. The van der Waals surface area contributed by atoms with Gasteiger partial charge in [-0.1, -0.05) is 12.1 Å². The van der Waals surface area contributed by atoms with Crippen LogP contribution in [0.4, 0.5) is 0 Å². The number of amides is 1. The van der Waals surface area contributed by atoms with Crippen LogP contribution in [0.3, 0.4) is 0 Å². The molecule has 2 rings (SSSR count). The number of methoxy groups -OCH3 is 1. The van der Waals surface area contributed by atoms with E-state index in [9.17, 15) is 10.1 Å². The van der Waals surface area contributed by atoms with Crippen molar-refractivity contribution < 1.29 is 18.8 Å². The summed E-state index contributed by atoms with van der Waals surface area (Å²) >= 11 is 0. The largest absolute Gasteiger partial charge is 0.495 e. The standard InChI is InChI=1S/C19H25BN2O4/c1-13(23)22-12-16(20-25-18(2,3)19(4,5)26-20)10-14-7-8-17(24-6)15(9-14)11-21/h7-10H,12H2,1-6H3,(H,22,23). The number of hydrogen-bond donors (Lipinski definition) is 1. The maximum atomic E-state index is 11.4. The SMILES string of the molecule is COc1ccc(C=C(CNC(C)=O)B2OC(C)(C)C(C)(C)O2)cc1C#N. The van der Waals surface area contributed by atoms with Gasteiger partial charge in [-0.25, -0.2) is 0 Å². The molecule has 1 aromatic rings. The third-order valence-electron chi connectivity index (χ3n) is 4.79. The van der Waals surface area contributed by atoms with E-state index < -0.39 is 18.3 Å². The number of rotatable bonds is 5. The second-order valence-electron chi connectivity index (χ2n) is 7.29. The van der Waals surface area contributed by atoms with E-state index in [2.05, 4.69) is 11.4 Å². The summed E-state index contributed by atoms with van der Waals surface area (Å²) in [5, 5.41) is 12.1. The topological polar surface area (TPSA) is 80.6 Å². The zero-order valence-corrected chi connectivity index (χ0v) is 16.2. The van der Waals surface area contributed by atoms with Crippen LogP contribution in [0.15, 0.2) is 23.7 Å². The monoisotopic (exact) mass is 356 g/mol. The molecule has 1 aromatic carbocycles. The molecule has 0 aromatic heterocycles. The molecular formula is C19H25BN2O4. The fourth-order valence-electron chi connectivity index (χ4n) is 2.54. The summed E-state index contributed by atoms with van der Waals surface area (Å²) in [6.07, 6.45) is 1.87. The second-order valence-corrected chi connectivity index (χ2v) is 7.29. The predicted molar refractivity (Wildman–Crippen MR) is 100 cm³/mol. The van der Waals surface area contributed by atoms with Gasteiger partial charge in [-0.2, -0.15) is 5.26 Å². The molecule has 7 heteroatoms. The quantitative estimate of drug-likeness (QED) is 0.821. The molecule has 26 heavy (non-hydrogen) atoms. The van der Waals surface area contributed by atoms with Crippen molar-refractivity contribution in [2.75, 3.05) is 13.7 Å². The minimum Gasteiger partial charge on any atom is -0.495 e. The van der Waals surface area contributed by atoms with Crippen LogP contribution < -0.4 is 10.1 Å². The molecule has 6 nitrogen and oxygen atoms in total. The van der Waals surface area contributed by atoms with Crippen LogP contribution in [0.2, 0.25) is 0 Å². The maximum absolute atomic E-state index is 11.4. The first-order chi connectivity index (χ1) is 12.1. The van der Waals surface area contributed by atoms with E-state index in [1.165, 1.54) is 14.0 Å². The second kappa shape index (κ2) is 7.52. The van der Waals surface area contributed by atoms with Crippen LogP contribution >= 0.6 is 0 Å². The Morgan fingerprint density at radius 1 is 1.31 bits per heavy atom. The van der Waals surface area contributed by atoms with E-state index in [1.54, 1.807) is 12.1 Å². The molecule has 0 spiro atoms. The number of ether oxygens (including phenoxy) is 1. The Labute approximate surface area is 155 Å². The number of carbonyl (C=O) groups is 1. The van der Waals surface area contributed by atoms with E-state index in [1.807, 2.05) is 39.8 Å². The van der Waals surface area contributed by atoms with Gasteiger partial charge in [0.15, 0.2) is 0 Å². The van der Waals surface area contributed by atoms with Crippen molar-refractivity contribution in [2.24, 2.45) is 0 Å². The van der Waals surface area contributed by atoms with Gasteiger partial charge >= 0.3 is 7.12 Å². The summed E-state index contributed by atoms with van der Waals surface area (Å²) in [5.74, 6) is 0.378. The Morgan fingerprint density at radius 2 is 1.92 bits per heavy atom. The summed E-state index contributed by atoms with van der Waals surface area (Å²) in [7, 11) is 0.942. The van der Waals surface area contributed by atoms with Crippen molar-refractivity contribution >= 4 is 19.1 Å².